The molecule has 1 aliphatic rings. The van der Waals surface area contributed by atoms with Gasteiger partial charge in [-0.1, -0.05) is 54.6 Å². The number of halogens is 1. The summed E-state index contributed by atoms with van der Waals surface area (Å²) in [5.74, 6) is 0.873. The molecule has 0 atom stereocenters. The minimum absolute atomic E-state index is 0. The lowest BCUT2D eigenvalue weighted by atomic mass is 9.96. The molecule has 0 heterocycles. The SMILES string of the molecule is CCNC(=NCc1cccc(COCCOCC)c1)NCC1(c2ccccc2)CC1.I. The highest BCUT2D eigenvalue weighted by molar-refractivity contribution is 14.0. The van der Waals surface area contributed by atoms with Gasteiger partial charge in [0.2, 0.25) is 0 Å². The first-order chi connectivity index (χ1) is 14.8. The maximum Gasteiger partial charge on any atom is 0.191 e. The van der Waals surface area contributed by atoms with Crippen LogP contribution in [0.15, 0.2) is 59.6 Å². The Morgan fingerprint density at radius 2 is 1.68 bits per heavy atom. The fourth-order valence-corrected chi connectivity index (χ4v) is 3.55. The quantitative estimate of drug-likeness (QED) is 0.179. The third kappa shape index (κ3) is 8.43. The van der Waals surface area contributed by atoms with Crippen molar-refractivity contribution in [2.75, 3.05) is 32.9 Å². The molecule has 0 radical (unpaired) electrons. The Bertz CT molecular complexity index is 794. The Morgan fingerprint density at radius 1 is 0.935 bits per heavy atom. The average Bonchev–Trinajstić information content (AvgIpc) is 3.58. The predicted octanol–water partition coefficient (Wildman–Crippen LogP) is 4.64. The topological polar surface area (TPSA) is 54.9 Å². The van der Waals surface area contributed by atoms with Crippen molar-refractivity contribution in [2.45, 2.75) is 45.3 Å². The molecule has 0 aliphatic heterocycles. The van der Waals surface area contributed by atoms with E-state index in [0.29, 0.717) is 26.4 Å². The first-order valence-corrected chi connectivity index (χ1v) is 11.1. The van der Waals surface area contributed by atoms with E-state index in [1.165, 1.54) is 24.0 Å². The average molecular weight is 537 g/mol. The molecule has 6 heteroatoms. The Morgan fingerprint density at radius 3 is 2.39 bits per heavy atom. The summed E-state index contributed by atoms with van der Waals surface area (Å²) in [6.45, 7) is 9.08. The molecule has 0 spiro atoms. The zero-order valence-electron chi connectivity index (χ0n) is 18.7. The molecule has 0 saturated heterocycles. The molecule has 170 valence electrons. The van der Waals surface area contributed by atoms with E-state index in [9.17, 15) is 0 Å². The molecule has 2 aromatic carbocycles. The second-order valence-corrected chi connectivity index (χ2v) is 7.76. The molecule has 1 saturated carbocycles. The molecule has 0 aromatic heterocycles. The molecule has 1 fully saturated rings. The second kappa shape index (κ2) is 13.7. The number of aliphatic imine (C=N–C) groups is 1. The molecule has 2 aromatic rings. The minimum atomic E-state index is 0. The van der Waals surface area contributed by atoms with Gasteiger partial charge in [0.25, 0.3) is 0 Å². The maximum absolute atomic E-state index is 5.68. The molecule has 31 heavy (non-hydrogen) atoms. The van der Waals surface area contributed by atoms with Gasteiger partial charge in [0.05, 0.1) is 26.4 Å². The van der Waals surface area contributed by atoms with E-state index in [-0.39, 0.29) is 29.4 Å². The molecule has 0 unspecified atom stereocenters. The molecule has 0 bridgehead atoms. The Hall–Kier alpha value is -1.64. The summed E-state index contributed by atoms with van der Waals surface area (Å²) in [7, 11) is 0. The van der Waals surface area contributed by atoms with Crippen molar-refractivity contribution in [3.63, 3.8) is 0 Å². The van der Waals surface area contributed by atoms with Crippen LogP contribution in [0.3, 0.4) is 0 Å². The largest absolute Gasteiger partial charge is 0.379 e. The zero-order chi connectivity index (χ0) is 21.1. The van der Waals surface area contributed by atoms with Gasteiger partial charge in [-0.2, -0.15) is 0 Å². The van der Waals surface area contributed by atoms with Crippen molar-refractivity contribution in [2.24, 2.45) is 4.99 Å². The van der Waals surface area contributed by atoms with Gasteiger partial charge in [-0.15, -0.1) is 24.0 Å². The summed E-state index contributed by atoms with van der Waals surface area (Å²) in [6, 6.07) is 19.3. The summed E-state index contributed by atoms with van der Waals surface area (Å²) in [6.07, 6.45) is 2.46. The van der Waals surface area contributed by atoms with Gasteiger partial charge < -0.3 is 20.1 Å². The monoisotopic (exact) mass is 537 g/mol. The van der Waals surface area contributed by atoms with Crippen LogP contribution in [0.4, 0.5) is 0 Å². The second-order valence-electron chi connectivity index (χ2n) is 7.76. The van der Waals surface area contributed by atoms with Crippen LogP contribution in [0.5, 0.6) is 0 Å². The van der Waals surface area contributed by atoms with Crippen LogP contribution in [0.2, 0.25) is 0 Å². The number of rotatable bonds is 12. The Kier molecular flexibility index (Phi) is 11.3. The van der Waals surface area contributed by atoms with E-state index in [2.05, 4.69) is 72.2 Å². The highest BCUT2D eigenvalue weighted by atomic mass is 127. The van der Waals surface area contributed by atoms with Gasteiger partial charge in [-0.3, -0.25) is 0 Å². The molecule has 0 amide bonds. The van der Waals surface area contributed by atoms with Gasteiger partial charge >= 0.3 is 0 Å². The van der Waals surface area contributed by atoms with Crippen molar-refractivity contribution in [1.29, 1.82) is 0 Å². The normalized spacial score (nSPS) is 14.6. The summed E-state index contributed by atoms with van der Waals surface area (Å²) in [4.78, 5) is 4.80. The van der Waals surface area contributed by atoms with Crippen molar-refractivity contribution in [1.82, 2.24) is 10.6 Å². The zero-order valence-corrected chi connectivity index (χ0v) is 21.1. The van der Waals surface area contributed by atoms with Gasteiger partial charge in [-0.25, -0.2) is 4.99 Å². The molecule has 2 N–H and O–H groups in total. The van der Waals surface area contributed by atoms with Crippen LogP contribution in [-0.4, -0.2) is 38.9 Å². The highest BCUT2D eigenvalue weighted by Crippen LogP contribution is 2.47. The molecule has 5 nitrogen and oxygen atoms in total. The Labute approximate surface area is 204 Å². The van der Waals surface area contributed by atoms with Crippen molar-refractivity contribution in [3.8, 4) is 0 Å². The summed E-state index contributed by atoms with van der Waals surface area (Å²) < 4.78 is 11.0. The first-order valence-electron chi connectivity index (χ1n) is 11.1. The van der Waals surface area contributed by atoms with E-state index < -0.39 is 0 Å². The summed E-state index contributed by atoms with van der Waals surface area (Å²) >= 11 is 0. The highest BCUT2D eigenvalue weighted by Gasteiger charge is 2.43. The lowest BCUT2D eigenvalue weighted by Crippen LogP contribution is -2.41. The number of benzene rings is 2. The molecule has 1 aliphatic carbocycles. The van der Waals surface area contributed by atoms with E-state index in [1.54, 1.807) is 0 Å². The Balaban J connectivity index is 0.00000341. The van der Waals surface area contributed by atoms with Crippen molar-refractivity contribution >= 4 is 29.9 Å². The first kappa shape index (κ1) is 25.6. The van der Waals surface area contributed by atoms with E-state index in [4.69, 9.17) is 14.5 Å². The number of nitrogens with zero attached hydrogens (tertiary/aromatic N) is 1. The third-order valence-corrected chi connectivity index (χ3v) is 5.43. The van der Waals surface area contributed by atoms with E-state index in [0.717, 1.165) is 31.2 Å². The number of hydrogen-bond donors (Lipinski definition) is 2. The van der Waals surface area contributed by atoms with Crippen molar-refractivity contribution < 1.29 is 9.47 Å². The van der Waals surface area contributed by atoms with Gasteiger partial charge in [0, 0.05) is 25.1 Å². The van der Waals surface area contributed by atoms with Gasteiger partial charge in [0.1, 0.15) is 0 Å². The van der Waals surface area contributed by atoms with E-state index in [1.807, 2.05) is 6.92 Å². The van der Waals surface area contributed by atoms with Gasteiger partial charge in [0.15, 0.2) is 5.96 Å². The maximum atomic E-state index is 5.68. The predicted molar refractivity (Wildman–Crippen MR) is 138 cm³/mol. The number of guanidine groups is 1. The van der Waals surface area contributed by atoms with Crippen LogP contribution >= 0.6 is 24.0 Å². The fourth-order valence-electron chi connectivity index (χ4n) is 3.55. The summed E-state index contributed by atoms with van der Waals surface area (Å²) in [5, 5.41) is 6.93. The molecule has 3 rings (SSSR count). The van der Waals surface area contributed by atoms with Crippen molar-refractivity contribution in [3.05, 3.63) is 71.3 Å². The van der Waals surface area contributed by atoms with Crippen LogP contribution in [-0.2, 0) is 28.0 Å². The number of nitrogens with one attached hydrogen (secondary N) is 2. The number of ether oxygens (including phenoxy) is 2. The minimum Gasteiger partial charge on any atom is -0.379 e. The van der Waals surface area contributed by atoms with Crippen LogP contribution in [0, 0.1) is 0 Å². The van der Waals surface area contributed by atoms with Crippen LogP contribution in [0.1, 0.15) is 43.4 Å². The third-order valence-electron chi connectivity index (χ3n) is 5.43. The lowest BCUT2D eigenvalue weighted by Gasteiger charge is -2.19. The smallest absolute Gasteiger partial charge is 0.191 e. The molecular formula is C25H36IN3O2. The van der Waals surface area contributed by atoms with Crippen LogP contribution < -0.4 is 10.6 Å². The lowest BCUT2D eigenvalue weighted by molar-refractivity contribution is 0.0453. The van der Waals surface area contributed by atoms with Crippen LogP contribution in [0.25, 0.3) is 0 Å². The fraction of sp³-hybridized carbons (Fsp3) is 0.480. The number of hydrogen-bond acceptors (Lipinski definition) is 3. The van der Waals surface area contributed by atoms with Gasteiger partial charge in [-0.05, 0) is 43.4 Å². The summed E-state index contributed by atoms with van der Waals surface area (Å²) in [5.41, 5.74) is 4.03. The standard InChI is InChI=1S/C25H35N3O2.HI/c1-3-26-24(28-20-25(13-14-25)23-11-6-5-7-12-23)27-18-21-9-8-10-22(17-21)19-30-16-15-29-4-2;/h5-12,17H,3-4,13-16,18-20H2,1-2H3,(H2,26,27,28);1H. The molecular weight excluding hydrogens is 501 g/mol. The van der Waals surface area contributed by atoms with E-state index >= 15 is 0 Å².